The maximum absolute atomic E-state index is 11.0. The Morgan fingerprint density at radius 3 is 2.67 bits per heavy atom. The minimum atomic E-state index is -0.962. The second-order valence-electron chi connectivity index (χ2n) is 4.36. The largest absolute Gasteiger partial charge is 0.464 e. The molecule has 0 saturated carbocycles. The van der Waals surface area contributed by atoms with Gasteiger partial charge in [-0.2, -0.15) is 11.3 Å². The highest BCUT2D eigenvalue weighted by atomic mass is 32.1. The molecule has 5 heteroatoms. The normalized spacial score (nSPS) is 11.4. The van der Waals surface area contributed by atoms with Crippen molar-refractivity contribution in [2.24, 2.45) is 0 Å². The van der Waals surface area contributed by atoms with Crippen LogP contribution >= 0.6 is 11.3 Å². The van der Waals surface area contributed by atoms with Gasteiger partial charge < -0.3 is 5.11 Å². The van der Waals surface area contributed by atoms with Crippen molar-refractivity contribution in [3.05, 3.63) is 22.4 Å². The molecule has 4 nitrogen and oxygen atoms in total. The van der Waals surface area contributed by atoms with Gasteiger partial charge in [0.05, 0.1) is 6.54 Å². The van der Waals surface area contributed by atoms with Crippen LogP contribution < -0.4 is 5.43 Å². The van der Waals surface area contributed by atoms with Crippen LogP contribution in [0.25, 0.3) is 0 Å². The number of nitrogens with one attached hydrogen (secondary N) is 1. The van der Waals surface area contributed by atoms with E-state index in [4.69, 9.17) is 5.11 Å². The van der Waals surface area contributed by atoms with Crippen LogP contribution in [0.4, 0.5) is 4.79 Å². The van der Waals surface area contributed by atoms with Gasteiger partial charge >= 0.3 is 6.09 Å². The van der Waals surface area contributed by atoms with Crippen LogP contribution in [-0.2, 0) is 6.54 Å². The Morgan fingerprint density at radius 1 is 1.60 bits per heavy atom. The van der Waals surface area contributed by atoms with Gasteiger partial charge in [-0.15, -0.1) is 0 Å². The van der Waals surface area contributed by atoms with Gasteiger partial charge in [-0.3, -0.25) is 0 Å². The molecule has 0 radical (unpaired) electrons. The van der Waals surface area contributed by atoms with E-state index in [2.05, 4.69) is 5.43 Å². The van der Waals surface area contributed by atoms with Gasteiger partial charge in [-0.1, -0.05) is 0 Å². The van der Waals surface area contributed by atoms with E-state index < -0.39 is 6.09 Å². The molecule has 0 fully saturated rings. The lowest BCUT2D eigenvalue weighted by atomic mass is 10.1. The number of thiophene rings is 1. The standard InChI is InChI=1S/C10H16N2O2S/c1-10(2,3)11-12(9(13)14)6-8-4-5-15-7-8/h4-5,7,11H,6H2,1-3H3,(H,13,14). The molecule has 1 heterocycles. The van der Waals surface area contributed by atoms with Gasteiger partial charge in [-0.05, 0) is 43.2 Å². The molecule has 0 spiro atoms. The highest BCUT2D eigenvalue weighted by molar-refractivity contribution is 7.07. The fraction of sp³-hybridized carbons (Fsp3) is 0.500. The molecule has 0 saturated heterocycles. The number of amides is 1. The lowest BCUT2D eigenvalue weighted by Crippen LogP contribution is -2.51. The summed E-state index contributed by atoms with van der Waals surface area (Å²) < 4.78 is 0. The molecule has 1 rings (SSSR count). The third-order valence-corrected chi connectivity index (χ3v) is 2.35. The van der Waals surface area contributed by atoms with Crippen LogP contribution in [0.2, 0.25) is 0 Å². The van der Waals surface area contributed by atoms with Crippen molar-refractivity contribution in [3.8, 4) is 0 Å². The molecule has 0 aliphatic rings. The molecule has 84 valence electrons. The first kappa shape index (κ1) is 12.0. The Bertz CT molecular complexity index is 317. The molecule has 15 heavy (non-hydrogen) atoms. The summed E-state index contributed by atoms with van der Waals surface area (Å²) in [5.41, 5.74) is 3.68. The molecule has 1 amide bonds. The molecule has 0 atom stereocenters. The Hall–Kier alpha value is -1.07. The zero-order valence-electron chi connectivity index (χ0n) is 9.15. The molecule has 0 aromatic carbocycles. The maximum Gasteiger partial charge on any atom is 0.422 e. The molecule has 0 bridgehead atoms. The minimum absolute atomic E-state index is 0.256. The van der Waals surface area contributed by atoms with Crippen LogP contribution in [0.15, 0.2) is 16.8 Å². The lowest BCUT2D eigenvalue weighted by molar-refractivity contribution is 0.0913. The van der Waals surface area contributed by atoms with Gasteiger partial charge in [0.25, 0.3) is 0 Å². The maximum atomic E-state index is 11.0. The molecular weight excluding hydrogens is 212 g/mol. The Morgan fingerprint density at radius 2 is 2.27 bits per heavy atom. The van der Waals surface area contributed by atoms with E-state index in [0.717, 1.165) is 5.56 Å². The Balaban J connectivity index is 2.63. The minimum Gasteiger partial charge on any atom is -0.464 e. The second-order valence-corrected chi connectivity index (χ2v) is 5.14. The average Bonchev–Trinajstić information content (AvgIpc) is 2.52. The van der Waals surface area contributed by atoms with Crippen LogP contribution in [-0.4, -0.2) is 21.7 Å². The van der Waals surface area contributed by atoms with E-state index in [1.807, 2.05) is 37.6 Å². The van der Waals surface area contributed by atoms with Crippen LogP contribution in [0.1, 0.15) is 26.3 Å². The molecule has 0 aliphatic heterocycles. The molecule has 1 aromatic heterocycles. The summed E-state index contributed by atoms with van der Waals surface area (Å²) >= 11 is 1.56. The first-order valence-electron chi connectivity index (χ1n) is 4.68. The SMILES string of the molecule is CC(C)(C)NN(Cc1ccsc1)C(=O)O. The lowest BCUT2D eigenvalue weighted by Gasteiger charge is -2.29. The van der Waals surface area contributed by atoms with Crippen molar-refractivity contribution < 1.29 is 9.90 Å². The molecular formula is C10H16N2O2S. The highest BCUT2D eigenvalue weighted by Crippen LogP contribution is 2.10. The van der Waals surface area contributed by atoms with E-state index in [1.54, 1.807) is 11.3 Å². The summed E-state index contributed by atoms with van der Waals surface area (Å²) in [6.07, 6.45) is -0.962. The number of hydrogen-bond donors (Lipinski definition) is 2. The summed E-state index contributed by atoms with van der Waals surface area (Å²) in [6.45, 7) is 6.15. The van der Waals surface area contributed by atoms with Crippen molar-refractivity contribution in [2.45, 2.75) is 32.9 Å². The quantitative estimate of drug-likeness (QED) is 0.782. The van der Waals surface area contributed by atoms with E-state index in [1.165, 1.54) is 5.01 Å². The van der Waals surface area contributed by atoms with E-state index in [9.17, 15) is 4.79 Å². The number of hydrazine groups is 1. The smallest absolute Gasteiger partial charge is 0.422 e. The summed E-state index contributed by atoms with van der Waals surface area (Å²) in [5.74, 6) is 0. The monoisotopic (exact) mass is 228 g/mol. The molecule has 2 N–H and O–H groups in total. The van der Waals surface area contributed by atoms with E-state index in [0.29, 0.717) is 6.54 Å². The summed E-state index contributed by atoms with van der Waals surface area (Å²) in [4.78, 5) is 11.0. The summed E-state index contributed by atoms with van der Waals surface area (Å²) in [7, 11) is 0. The van der Waals surface area contributed by atoms with Crippen LogP contribution in [0, 0.1) is 0 Å². The highest BCUT2D eigenvalue weighted by Gasteiger charge is 2.19. The molecule has 0 unspecified atom stereocenters. The fourth-order valence-corrected chi connectivity index (χ4v) is 1.78. The predicted molar refractivity (Wildman–Crippen MR) is 60.8 cm³/mol. The number of nitrogens with zero attached hydrogens (tertiary/aromatic N) is 1. The summed E-state index contributed by atoms with van der Waals surface area (Å²) in [6, 6.07) is 1.92. The molecule has 1 aromatic rings. The van der Waals surface area contributed by atoms with E-state index >= 15 is 0 Å². The zero-order valence-corrected chi connectivity index (χ0v) is 9.97. The number of carbonyl (C=O) groups is 1. The van der Waals surface area contributed by atoms with Crippen molar-refractivity contribution in [1.82, 2.24) is 10.4 Å². The third-order valence-electron chi connectivity index (χ3n) is 1.62. The first-order valence-corrected chi connectivity index (χ1v) is 5.62. The fourth-order valence-electron chi connectivity index (χ4n) is 1.13. The van der Waals surface area contributed by atoms with Gasteiger partial charge in [0.1, 0.15) is 0 Å². The summed E-state index contributed by atoms with van der Waals surface area (Å²) in [5, 5.41) is 14.1. The van der Waals surface area contributed by atoms with Crippen molar-refractivity contribution in [3.63, 3.8) is 0 Å². The van der Waals surface area contributed by atoms with Crippen molar-refractivity contribution in [1.29, 1.82) is 0 Å². The van der Waals surface area contributed by atoms with E-state index in [-0.39, 0.29) is 5.54 Å². The first-order chi connectivity index (χ1) is 6.88. The van der Waals surface area contributed by atoms with Gasteiger partial charge in [0, 0.05) is 5.54 Å². The number of hydrogen-bond acceptors (Lipinski definition) is 3. The Labute approximate surface area is 93.5 Å². The second kappa shape index (κ2) is 4.63. The zero-order chi connectivity index (χ0) is 11.5. The van der Waals surface area contributed by atoms with Gasteiger partial charge in [0.2, 0.25) is 0 Å². The number of carboxylic acid groups (broad SMARTS) is 1. The van der Waals surface area contributed by atoms with Crippen molar-refractivity contribution in [2.75, 3.05) is 0 Å². The third kappa shape index (κ3) is 4.31. The topological polar surface area (TPSA) is 52.6 Å². The average molecular weight is 228 g/mol. The number of rotatable bonds is 3. The predicted octanol–water partition coefficient (Wildman–Crippen LogP) is 2.53. The van der Waals surface area contributed by atoms with Gasteiger partial charge in [-0.25, -0.2) is 15.2 Å². The van der Waals surface area contributed by atoms with Crippen LogP contribution in [0.3, 0.4) is 0 Å². The molecule has 0 aliphatic carbocycles. The van der Waals surface area contributed by atoms with Crippen molar-refractivity contribution >= 4 is 17.4 Å². The van der Waals surface area contributed by atoms with Gasteiger partial charge in [0.15, 0.2) is 0 Å². The van der Waals surface area contributed by atoms with Crippen LogP contribution in [0.5, 0.6) is 0 Å². The Kier molecular flexibility index (Phi) is 3.71.